The Morgan fingerprint density at radius 2 is 1.77 bits per heavy atom. The molecule has 0 bridgehead atoms. The molecular weight excluding hydrogens is 343 g/mol. The summed E-state index contributed by atoms with van der Waals surface area (Å²) in [5.74, 6) is 0. The molecule has 0 radical (unpaired) electrons. The number of hydrogen-bond acceptors (Lipinski definition) is 1. The van der Waals surface area contributed by atoms with E-state index in [2.05, 4.69) is 10.6 Å². The monoisotopic (exact) mass is 356 g/mol. The van der Waals surface area contributed by atoms with Crippen LogP contribution in [0, 0.1) is 6.92 Å². The number of rotatable bonds is 4. The fourth-order valence-corrected chi connectivity index (χ4v) is 2.36. The molecule has 2 aromatic rings. The molecule has 2 rings (SSSR count). The van der Waals surface area contributed by atoms with Gasteiger partial charge in [-0.05, 0) is 48.7 Å². The number of nitrogens with one attached hydrogen (secondary N) is 2. The summed E-state index contributed by atoms with van der Waals surface area (Å²) in [5.41, 5.74) is 2.63. The van der Waals surface area contributed by atoms with E-state index in [9.17, 15) is 4.79 Å². The average molecular weight is 358 g/mol. The number of halogens is 3. The summed E-state index contributed by atoms with van der Waals surface area (Å²) in [5, 5.41) is 7.17. The van der Waals surface area contributed by atoms with Gasteiger partial charge in [0.25, 0.3) is 0 Å². The minimum absolute atomic E-state index is 0.278. The van der Waals surface area contributed by atoms with E-state index in [-0.39, 0.29) is 6.03 Å². The molecule has 3 nitrogen and oxygen atoms in total. The number of carbonyl (C=O) groups is 1. The van der Waals surface area contributed by atoms with E-state index < -0.39 is 0 Å². The van der Waals surface area contributed by atoms with Gasteiger partial charge in [-0.2, -0.15) is 0 Å². The third-order valence-electron chi connectivity index (χ3n) is 3.11. The molecule has 116 valence electrons. The normalized spacial score (nSPS) is 10.4. The standard InChI is InChI=1S/C16H15Cl3N2O/c1-10-2-4-12(9-14(10)18)21-16(22)20-7-6-11-3-5-13(17)15(19)8-11/h2-5,8-9H,6-7H2,1H3,(H2,20,21,22). The van der Waals surface area contributed by atoms with Gasteiger partial charge >= 0.3 is 6.03 Å². The van der Waals surface area contributed by atoms with E-state index >= 15 is 0 Å². The molecule has 22 heavy (non-hydrogen) atoms. The van der Waals surface area contributed by atoms with Gasteiger partial charge in [0, 0.05) is 17.3 Å². The van der Waals surface area contributed by atoms with Crippen molar-refractivity contribution >= 4 is 46.5 Å². The van der Waals surface area contributed by atoms with Crippen LogP contribution in [0.15, 0.2) is 36.4 Å². The third kappa shape index (κ3) is 4.80. The fraction of sp³-hybridized carbons (Fsp3) is 0.188. The van der Waals surface area contributed by atoms with Crippen LogP contribution in [0.5, 0.6) is 0 Å². The first kappa shape index (κ1) is 16.9. The van der Waals surface area contributed by atoms with E-state index in [1.54, 1.807) is 24.3 Å². The van der Waals surface area contributed by atoms with Crippen molar-refractivity contribution < 1.29 is 4.79 Å². The van der Waals surface area contributed by atoms with Crippen molar-refractivity contribution in [3.05, 3.63) is 62.6 Å². The van der Waals surface area contributed by atoms with Crippen LogP contribution >= 0.6 is 34.8 Å². The Bertz CT molecular complexity index is 689. The van der Waals surface area contributed by atoms with Crippen molar-refractivity contribution in [3.63, 3.8) is 0 Å². The van der Waals surface area contributed by atoms with Gasteiger partial charge in [0.15, 0.2) is 0 Å². The summed E-state index contributed by atoms with van der Waals surface area (Å²) in [7, 11) is 0. The molecule has 0 aliphatic carbocycles. The van der Waals surface area contributed by atoms with E-state index in [1.807, 2.05) is 19.1 Å². The number of urea groups is 1. The van der Waals surface area contributed by atoms with Crippen molar-refractivity contribution in [2.24, 2.45) is 0 Å². The molecule has 0 saturated carbocycles. The van der Waals surface area contributed by atoms with Crippen LogP contribution in [-0.4, -0.2) is 12.6 Å². The summed E-state index contributed by atoms with van der Waals surface area (Å²) in [4.78, 5) is 11.8. The highest BCUT2D eigenvalue weighted by molar-refractivity contribution is 6.42. The summed E-state index contributed by atoms with van der Waals surface area (Å²) in [6.45, 7) is 2.40. The average Bonchev–Trinajstić information content (AvgIpc) is 2.47. The lowest BCUT2D eigenvalue weighted by Gasteiger charge is -2.09. The number of hydrogen-bond donors (Lipinski definition) is 2. The number of aryl methyl sites for hydroxylation is 1. The first-order valence-electron chi connectivity index (χ1n) is 6.70. The molecule has 2 amide bonds. The number of anilines is 1. The first-order valence-corrected chi connectivity index (χ1v) is 7.84. The zero-order valence-corrected chi connectivity index (χ0v) is 14.2. The number of carbonyl (C=O) groups excluding carboxylic acids is 1. The van der Waals surface area contributed by atoms with Crippen LogP contribution in [-0.2, 0) is 6.42 Å². The van der Waals surface area contributed by atoms with Crippen LogP contribution in [0.1, 0.15) is 11.1 Å². The summed E-state index contributed by atoms with van der Waals surface area (Å²) in [6, 6.07) is 10.5. The minimum atomic E-state index is -0.278. The Hall–Kier alpha value is -1.42. The molecule has 0 spiro atoms. The maximum Gasteiger partial charge on any atom is 0.319 e. The molecule has 6 heteroatoms. The smallest absolute Gasteiger partial charge is 0.319 e. The van der Waals surface area contributed by atoms with Gasteiger partial charge in [0.05, 0.1) is 10.0 Å². The molecule has 0 aliphatic rings. The molecule has 2 aromatic carbocycles. The van der Waals surface area contributed by atoms with E-state index in [0.717, 1.165) is 11.1 Å². The quantitative estimate of drug-likeness (QED) is 0.764. The molecular formula is C16H15Cl3N2O. The topological polar surface area (TPSA) is 41.1 Å². The maximum absolute atomic E-state index is 11.8. The van der Waals surface area contributed by atoms with Gasteiger partial charge in [-0.25, -0.2) is 4.79 Å². The summed E-state index contributed by atoms with van der Waals surface area (Å²) < 4.78 is 0. The molecule has 0 heterocycles. The number of amides is 2. The van der Waals surface area contributed by atoms with Crippen molar-refractivity contribution in [1.82, 2.24) is 5.32 Å². The van der Waals surface area contributed by atoms with E-state index in [0.29, 0.717) is 33.7 Å². The van der Waals surface area contributed by atoms with Crippen LogP contribution in [0.3, 0.4) is 0 Å². The van der Waals surface area contributed by atoms with Gasteiger partial charge in [-0.15, -0.1) is 0 Å². The Kier molecular flexibility index (Phi) is 5.95. The first-order chi connectivity index (χ1) is 10.5. The molecule has 0 saturated heterocycles. The Balaban J connectivity index is 1.82. The predicted octanol–water partition coefficient (Wildman–Crippen LogP) is 5.32. The van der Waals surface area contributed by atoms with Gasteiger partial charge in [0.2, 0.25) is 0 Å². The Labute approximate surface area is 144 Å². The molecule has 0 aromatic heterocycles. The molecule has 2 N–H and O–H groups in total. The Morgan fingerprint density at radius 1 is 1.00 bits per heavy atom. The third-order valence-corrected chi connectivity index (χ3v) is 4.26. The highest BCUT2D eigenvalue weighted by atomic mass is 35.5. The zero-order chi connectivity index (χ0) is 16.1. The highest BCUT2D eigenvalue weighted by Gasteiger charge is 2.04. The second-order valence-corrected chi connectivity index (χ2v) is 6.06. The molecule has 0 unspecified atom stereocenters. The van der Waals surface area contributed by atoms with Crippen LogP contribution in [0.25, 0.3) is 0 Å². The maximum atomic E-state index is 11.8. The van der Waals surface area contributed by atoms with Gasteiger partial charge in [-0.1, -0.05) is 46.9 Å². The van der Waals surface area contributed by atoms with Gasteiger partial charge in [-0.3, -0.25) is 0 Å². The van der Waals surface area contributed by atoms with Crippen molar-refractivity contribution in [3.8, 4) is 0 Å². The summed E-state index contributed by atoms with van der Waals surface area (Å²) >= 11 is 17.8. The van der Waals surface area contributed by atoms with Crippen molar-refractivity contribution in [1.29, 1.82) is 0 Å². The van der Waals surface area contributed by atoms with E-state index in [4.69, 9.17) is 34.8 Å². The van der Waals surface area contributed by atoms with Gasteiger partial charge in [0.1, 0.15) is 0 Å². The lowest BCUT2D eigenvalue weighted by Crippen LogP contribution is -2.30. The largest absolute Gasteiger partial charge is 0.338 e. The molecule has 0 atom stereocenters. The van der Waals surface area contributed by atoms with Crippen molar-refractivity contribution in [2.75, 3.05) is 11.9 Å². The summed E-state index contributed by atoms with van der Waals surface area (Å²) in [6.07, 6.45) is 0.666. The second kappa shape index (κ2) is 7.73. The second-order valence-electron chi connectivity index (χ2n) is 4.84. The van der Waals surface area contributed by atoms with E-state index in [1.165, 1.54) is 0 Å². The molecule has 0 fully saturated rings. The lowest BCUT2D eigenvalue weighted by atomic mass is 10.1. The highest BCUT2D eigenvalue weighted by Crippen LogP contribution is 2.22. The number of benzene rings is 2. The SMILES string of the molecule is Cc1ccc(NC(=O)NCCc2ccc(Cl)c(Cl)c2)cc1Cl. The van der Waals surface area contributed by atoms with Crippen LogP contribution in [0.4, 0.5) is 10.5 Å². The zero-order valence-electron chi connectivity index (χ0n) is 11.9. The van der Waals surface area contributed by atoms with Gasteiger partial charge < -0.3 is 10.6 Å². The predicted molar refractivity (Wildman–Crippen MR) is 93.4 cm³/mol. The fourth-order valence-electron chi connectivity index (χ4n) is 1.86. The Morgan fingerprint density at radius 3 is 2.45 bits per heavy atom. The van der Waals surface area contributed by atoms with Crippen LogP contribution in [0.2, 0.25) is 15.1 Å². The van der Waals surface area contributed by atoms with Crippen molar-refractivity contribution in [2.45, 2.75) is 13.3 Å². The lowest BCUT2D eigenvalue weighted by molar-refractivity contribution is 0.252. The molecule has 0 aliphatic heterocycles. The van der Waals surface area contributed by atoms with Crippen LogP contribution < -0.4 is 10.6 Å². The minimum Gasteiger partial charge on any atom is -0.338 e.